The van der Waals surface area contributed by atoms with Gasteiger partial charge in [-0.2, -0.15) is 0 Å². The average Bonchev–Trinajstić information content (AvgIpc) is 3.16. The minimum Gasteiger partial charge on any atom is -0.504 e. The molecule has 0 radical (unpaired) electrons. The van der Waals surface area contributed by atoms with E-state index in [1.165, 1.54) is 18.2 Å². The van der Waals surface area contributed by atoms with E-state index in [0.29, 0.717) is 24.8 Å². The minimum atomic E-state index is -2.02. The van der Waals surface area contributed by atoms with E-state index in [0.717, 1.165) is 12.8 Å². The Kier molecular flexibility index (Phi) is 6.47. The number of carbonyl (C=O) groups excluding carboxylic acids is 2. The van der Waals surface area contributed by atoms with Gasteiger partial charge >= 0.3 is 11.9 Å². The standard InChI is InChI=1S/C19H27NO6/c1-3-10-25-18(24)19(20,26-17(23)13-6-4-5-7-13)12(2)14-8-9-15(21)16(22)11-14/h8-9,11-13,21-22H,3-7,10,20H2,1-2H3/t12?,19-/m1/s1. The Bertz CT molecular complexity index is 655. The lowest BCUT2D eigenvalue weighted by atomic mass is 9.89. The van der Waals surface area contributed by atoms with Gasteiger partial charge in [-0.1, -0.05) is 32.8 Å². The molecule has 0 heterocycles. The lowest BCUT2D eigenvalue weighted by Gasteiger charge is -2.33. The van der Waals surface area contributed by atoms with Crippen LogP contribution in [0.5, 0.6) is 11.5 Å². The topological polar surface area (TPSA) is 119 Å². The molecule has 1 fully saturated rings. The molecule has 1 unspecified atom stereocenters. The van der Waals surface area contributed by atoms with Gasteiger partial charge < -0.3 is 19.7 Å². The normalized spacial score (nSPS) is 18.1. The molecule has 4 N–H and O–H groups in total. The highest BCUT2D eigenvalue weighted by atomic mass is 16.6. The quantitative estimate of drug-likeness (QED) is 0.386. The van der Waals surface area contributed by atoms with Crippen LogP contribution in [0.4, 0.5) is 0 Å². The van der Waals surface area contributed by atoms with Gasteiger partial charge in [-0.05, 0) is 37.0 Å². The molecule has 1 aromatic rings. The Morgan fingerprint density at radius 1 is 1.27 bits per heavy atom. The Labute approximate surface area is 153 Å². The van der Waals surface area contributed by atoms with Gasteiger partial charge in [0.25, 0.3) is 5.72 Å². The second-order valence-corrected chi connectivity index (χ2v) is 6.80. The van der Waals surface area contributed by atoms with Crippen molar-refractivity contribution in [2.75, 3.05) is 6.61 Å². The number of phenolic OH excluding ortho intramolecular Hbond substituents is 2. The van der Waals surface area contributed by atoms with Gasteiger partial charge in [-0.3, -0.25) is 10.5 Å². The molecule has 0 spiro atoms. The van der Waals surface area contributed by atoms with Gasteiger partial charge in [0, 0.05) is 5.92 Å². The molecule has 1 saturated carbocycles. The highest BCUT2D eigenvalue weighted by Crippen LogP contribution is 2.35. The van der Waals surface area contributed by atoms with E-state index in [4.69, 9.17) is 15.2 Å². The number of benzene rings is 1. The van der Waals surface area contributed by atoms with Crippen LogP contribution in [0.2, 0.25) is 0 Å². The highest BCUT2D eigenvalue weighted by molar-refractivity contribution is 5.85. The largest absolute Gasteiger partial charge is 0.504 e. The molecule has 2 rings (SSSR count). The van der Waals surface area contributed by atoms with Gasteiger partial charge in [0.15, 0.2) is 11.5 Å². The van der Waals surface area contributed by atoms with Crippen LogP contribution in [0.3, 0.4) is 0 Å². The van der Waals surface area contributed by atoms with Gasteiger partial charge in [0.2, 0.25) is 0 Å². The summed E-state index contributed by atoms with van der Waals surface area (Å²) in [4.78, 5) is 25.1. The highest BCUT2D eigenvalue weighted by Gasteiger charge is 2.47. The van der Waals surface area contributed by atoms with E-state index in [1.54, 1.807) is 6.92 Å². The molecule has 0 saturated heterocycles. The summed E-state index contributed by atoms with van der Waals surface area (Å²) in [6, 6.07) is 4.09. The van der Waals surface area contributed by atoms with E-state index in [9.17, 15) is 19.8 Å². The summed E-state index contributed by atoms with van der Waals surface area (Å²) in [6.45, 7) is 3.62. The number of nitrogens with two attached hydrogens (primary N) is 1. The first-order chi connectivity index (χ1) is 12.3. The summed E-state index contributed by atoms with van der Waals surface area (Å²) in [6.07, 6.45) is 3.92. The molecular weight excluding hydrogens is 338 g/mol. The smallest absolute Gasteiger partial charge is 0.366 e. The van der Waals surface area contributed by atoms with Crippen molar-refractivity contribution in [1.29, 1.82) is 0 Å². The number of ether oxygens (including phenoxy) is 2. The predicted octanol–water partition coefficient (Wildman–Crippen LogP) is 2.54. The summed E-state index contributed by atoms with van der Waals surface area (Å²) in [7, 11) is 0. The second-order valence-electron chi connectivity index (χ2n) is 6.80. The van der Waals surface area contributed by atoms with Gasteiger partial charge in [-0.15, -0.1) is 0 Å². The van der Waals surface area contributed by atoms with Crippen LogP contribution in [-0.2, 0) is 19.1 Å². The van der Waals surface area contributed by atoms with Gasteiger partial charge in [0.1, 0.15) is 0 Å². The molecule has 1 aliphatic rings. The van der Waals surface area contributed by atoms with Crippen molar-refractivity contribution in [1.82, 2.24) is 0 Å². The van der Waals surface area contributed by atoms with Crippen LogP contribution >= 0.6 is 0 Å². The Balaban J connectivity index is 2.29. The van der Waals surface area contributed by atoms with Crippen molar-refractivity contribution < 1.29 is 29.3 Å². The van der Waals surface area contributed by atoms with E-state index in [2.05, 4.69) is 0 Å². The maximum Gasteiger partial charge on any atom is 0.366 e. The number of phenols is 2. The van der Waals surface area contributed by atoms with E-state index >= 15 is 0 Å². The average molecular weight is 365 g/mol. The van der Waals surface area contributed by atoms with Crippen LogP contribution in [0.25, 0.3) is 0 Å². The predicted molar refractivity (Wildman–Crippen MR) is 94.4 cm³/mol. The molecule has 0 bridgehead atoms. The SMILES string of the molecule is CCCOC(=O)[C@](N)(OC(=O)C1CCCC1)C(C)c1ccc(O)c(O)c1. The maximum absolute atomic E-state index is 12.6. The molecule has 7 heteroatoms. The van der Waals surface area contributed by atoms with E-state index < -0.39 is 23.6 Å². The fourth-order valence-electron chi connectivity index (χ4n) is 3.08. The number of carbonyl (C=O) groups is 2. The van der Waals surface area contributed by atoms with Crippen molar-refractivity contribution in [3.63, 3.8) is 0 Å². The molecular formula is C19H27NO6. The molecule has 144 valence electrons. The third-order valence-corrected chi connectivity index (χ3v) is 4.86. The Hall–Kier alpha value is -2.28. The monoisotopic (exact) mass is 365 g/mol. The molecule has 0 aromatic heterocycles. The summed E-state index contributed by atoms with van der Waals surface area (Å²) in [5, 5.41) is 19.2. The fraction of sp³-hybridized carbons (Fsp3) is 0.579. The molecule has 0 aliphatic heterocycles. The Morgan fingerprint density at radius 2 is 1.92 bits per heavy atom. The lowest BCUT2D eigenvalue weighted by molar-refractivity contribution is -0.187. The van der Waals surface area contributed by atoms with Crippen molar-refractivity contribution in [2.24, 2.45) is 11.7 Å². The second kappa shape index (κ2) is 8.40. The summed E-state index contributed by atoms with van der Waals surface area (Å²) < 4.78 is 10.7. The third-order valence-electron chi connectivity index (χ3n) is 4.86. The molecule has 1 aliphatic carbocycles. The first-order valence-corrected chi connectivity index (χ1v) is 9.00. The maximum atomic E-state index is 12.6. The first kappa shape index (κ1) is 20.0. The number of hydrogen-bond donors (Lipinski definition) is 3. The first-order valence-electron chi connectivity index (χ1n) is 9.00. The minimum absolute atomic E-state index is 0.159. The Morgan fingerprint density at radius 3 is 2.50 bits per heavy atom. The molecule has 7 nitrogen and oxygen atoms in total. The molecule has 1 aromatic carbocycles. The summed E-state index contributed by atoms with van der Waals surface area (Å²) >= 11 is 0. The lowest BCUT2D eigenvalue weighted by Crippen LogP contribution is -2.57. The van der Waals surface area contributed by atoms with Crippen LogP contribution < -0.4 is 5.73 Å². The molecule has 0 amide bonds. The van der Waals surface area contributed by atoms with Gasteiger partial charge in [-0.25, -0.2) is 4.79 Å². The summed E-state index contributed by atoms with van der Waals surface area (Å²) in [5.74, 6) is -3.03. The third kappa shape index (κ3) is 4.27. The zero-order chi connectivity index (χ0) is 19.3. The van der Waals surface area contributed by atoms with Crippen molar-refractivity contribution in [3.8, 4) is 11.5 Å². The number of esters is 2. The van der Waals surface area contributed by atoms with Crippen molar-refractivity contribution in [2.45, 2.75) is 57.6 Å². The van der Waals surface area contributed by atoms with Gasteiger partial charge in [0.05, 0.1) is 12.5 Å². The molecule has 2 atom stereocenters. The zero-order valence-electron chi connectivity index (χ0n) is 15.2. The number of aromatic hydroxyl groups is 2. The number of hydrogen-bond acceptors (Lipinski definition) is 7. The van der Waals surface area contributed by atoms with Crippen molar-refractivity contribution >= 4 is 11.9 Å². The fourth-order valence-corrected chi connectivity index (χ4v) is 3.08. The number of rotatable bonds is 7. The van der Waals surface area contributed by atoms with Crippen LogP contribution in [0.1, 0.15) is 57.4 Å². The van der Waals surface area contributed by atoms with Crippen LogP contribution in [-0.4, -0.2) is 34.5 Å². The van der Waals surface area contributed by atoms with Crippen LogP contribution in [0, 0.1) is 5.92 Å². The zero-order valence-corrected chi connectivity index (χ0v) is 15.2. The summed E-state index contributed by atoms with van der Waals surface area (Å²) in [5.41, 5.74) is 4.68. The van der Waals surface area contributed by atoms with Crippen molar-refractivity contribution in [3.05, 3.63) is 23.8 Å². The molecule has 26 heavy (non-hydrogen) atoms. The van der Waals surface area contributed by atoms with E-state index in [1.807, 2.05) is 6.92 Å². The van der Waals surface area contributed by atoms with E-state index in [-0.39, 0.29) is 24.0 Å². The van der Waals surface area contributed by atoms with Crippen LogP contribution in [0.15, 0.2) is 18.2 Å².